The van der Waals surface area contributed by atoms with Crippen LogP contribution in [0, 0.1) is 0 Å². The van der Waals surface area contributed by atoms with Crippen LogP contribution in [-0.2, 0) is 4.79 Å². The minimum absolute atomic E-state index is 0.0102. The number of nitrogens with one attached hydrogen (secondary N) is 2. The van der Waals surface area contributed by atoms with Gasteiger partial charge in [0.2, 0.25) is 5.91 Å². The van der Waals surface area contributed by atoms with Gasteiger partial charge in [-0.3, -0.25) is 4.79 Å². The smallest absolute Gasteiger partial charge is 0.247 e. The second-order valence-corrected chi connectivity index (χ2v) is 7.76. The quantitative estimate of drug-likeness (QED) is 0.456. The number of carbonyl (C=O) groups is 1. The number of benzene rings is 2. The lowest BCUT2D eigenvalue weighted by molar-refractivity contribution is -0.127. The molecule has 1 fully saturated rings. The Labute approximate surface area is 180 Å². The van der Waals surface area contributed by atoms with Gasteiger partial charge in [0, 0.05) is 29.9 Å². The highest BCUT2D eigenvalue weighted by atomic mass is 16.5. The Hall–Kier alpha value is -3.80. The van der Waals surface area contributed by atoms with Crippen LogP contribution in [0.5, 0.6) is 5.75 Å². The number of nitrogens with zero attached hydrogens (tertiary/aromatic N) is 2. The molecule has 6 heteroatoms. The van der Waals surface area contributed by atoms with E-state index in [0.29, 0.717) is 0 Å². The van der Waals surface area contributed by atoms with E-state index < -0.39 is 0 Å². The molecule has 1 saturated heterocycles. The first-order chi connectivity index (χ1) is 15.2. The molecule has 2 aromatic carbocycles. The Morgan fingerprint density at radius 1 is 1.23 bits per heavy atom. The molecule has 0 spiro atoms. The van der Waals surface area contributed by atoms with Crippen LogP contribution >= 0.6 is 0 Å². The average Bonchev–Trinajstić information content (AvgIpc) is 3.57. The minimum atomic E-state index is -0.0383. The van der Waals surface area contributed by atoms with Gasteiger partial charge < -0.3 is 19.6 Å². The summed E-state index contributed by atoms with van der Waals surface area (Å²) in [4.78, 5) is 26.0. The predicted molar refractivity (Wildman–Crippen MR) is 122 cm³/mol. The summed E-state index contributed by atoms with van der Waals surface area (Å²) < 4.78 is 5.32. The molecular formula is C25H24N4O2. The van der Waals surface area contributed by atoms with Crippen LogP contribution < -0.4 is 4.74 Å². The third-order valence-electron chi connectivity index (χ3n) is 5.82. The van der Waals surface area contributed by atoms with Crippen molar-refractivity contribution in [1.82, 2.24) is 19.9 Å². The number of hydrogen-bond acceptors (Lipinski definition) is 3. The first-order valence-electron chi connectivity index (χ1n) is 10.5. The fourth-order valence-electron chi connectivity index (χ4n) is 4.20. The van der Waals surface area contributed by atoms with Gasteiger partial charge in [-0.25, -0.2) is 4.98 Å². The molecule has 1 unspecified atom stereocenters. The number of rotatable bonds is 5. The maximum atomic E-state index is 13.0. The van der Waals surface area contributed by atoms with Crippen LogP contribution in [0.2, 0.25) is 0 Å². The van der Waals surface area contributed by atoms with E-state index in [0.717, 1.165) is 58.7 Å². The number of aromatic nitrogens is 3. The summed E-state index contributed by atoms with van der Waals surface area (Å²) in [6.07, 6.45) is 9.16. The maximum absolute atomic E-state index is 13.0. The largest absolute Gasteiger partial charge is 0.497 e. The molecule has 0 saturated carbocycles. The minimum Gasteiger partial charge on any atom is -0.497 e. The van der Waals surface area contributed by atoms with Crippen molar-refractivity contribution in [3.63, 3.8) is 0 Å². The molecule has 31 heavy (non-hydrogen) atoms. The Morgan fingerprint density at radius 2 is 2.16 bits per heavy atom. The van der Waals surface area contributed by atoms with Gasteiger partial charge in [-0.15, -0.1) is 0 Å². The molecule has 1 aliphatic heterocycles. The predicted octanol–water partition coefficient (Wildman–Crippen LogP) is 4.94. The van der Waals surface area contributed by atoms with Crippen molar-refractivity contribution in [2.45, 2.75) is 18.9 Å². The highest BCUT2D eigenvalue weighted by molar-refractivity contribution is 5.93. The third kappa shape index (κ3) is 3.84. The van der Waals surface area contributed by atoms with Crippen molar-refractivity contribution >= 4 is 22.9 Å². The normalized spacial score (nSPS) is 16.4. The molecule has 2 aromatic heterocycles. The molecule has 1 atom stereocenters. The number of imidazole rings is 1. The molecule has 4 aromatic rings. The van der Waals surface area contributed by atoms with Crippen LogP contribution in [0.3, 0.4) is 0 Å². The lowest BCUT2D eigenvalue weighted by Crippen LogP contribution is -2.29. The average molecular weight is 412 g/mol. The summed E-state index contributed by atoms with van der Waals surface area (Å²) >= 11 is 0. The van der Waals surface area contributed by atoms with Crippen molar-refractivity contribution in [2.75, 3.05) is 13.7 Å². The summed E-state index contributed by atoms with van der Waals surface area (Å²) in [5.74, 6) is 1.64. The third-order valence-corrected chi connectivity index (χ3v) is 5.82. The van der Waals surface area contributed by atoms with Gasteiger partial charge in [0.25, 0.3) is 0 Å². The Balaban J connectivity index is 1.33. The zero-order valence-electron chi connectivity index (χ0n) is 17.3. The van der Waals surface area contributed by atoms with Crippen molar-refractivity contribution in [3.05, 3.63) is 78.4 Å². The van der Waals surface area contributed by atoms with Gasteiger partial charge >= 0.3 is 0 Å². The van der Waals surface area contributed by atoms with Gasteiger partial charge in [0.1, 0.15) is 11.6 Å². The molecule has 1 amide bonds. The summed E-state index contributed by atoms with van der Waals surface area (Å²) in [6.45, 7) is 0.736. The van der Waals surface area contributed by atoms with E-state index in [1.54, 1.807) is 13.2 Å². The van der Waals surface area contributed by atoms with Gasteiger partial charge in [-0.2, -0.15) is 0 Å². The van der Waals surface area contributed by atoms with Crippen LogP contribution in [0.4, 0.5) is 0 Å². The summed E-state index contributed by atoms with van der Waals surface area (Å²) in [6, 6.07) is 16.0. The number of carbonyl (C=O) groups excluding carboxylic acids is 1. The van der Waals surface area contributed by atoms with Crippen LogP contribution in [0.1, 0.15) is 30.3 Å². The van der Waals surface area contributed by atoms with E-state index in [4.69, 9.17) is 4.74 Å². The van der Waals surface area contributed by atoms with Crippen molar-refractivity contribution in [1.29, 1.82) is 0 Å². The van der Waals surface area contributed by atoms with Crippen LogP contribution in [-0.4, -0.2) is 39.4 Å². The second kappa shape index (κ2) is 8.14. The number of likely N-dealkylation sites (tertiary alicyclic amines) is 1. The second-order valence-electron chi connectivity index (χ2n) is 7.76. The van der Waals surface area contributed by atoms with E-state index in [-0.39, 0.29) is 11.9 Å². The fourth-order valence-corrected chi connectivity index (χ4v) is 4.20. The Morgan fingerprint density at radius 3 is 3.06 bits per heavy atom. The van der Waals surface area contributed by atoms with Gasteiger partial charge in [0.05, 0.1) is 25.0 Å². The van der Waals surface area contributed by atoms with Crippen LogP contribution in [0.25, 0.3) is 28.2 Å². The standard InChI is InChI=1S/C25H24N4O2/c1-31-20-5-2-4-18(15-20)22-16-27-25(28-22)23-6-3-13-29(23)24(30)10-8-17-7-9-21-19(14-17)11-12-26-21/h2,4-5,7-12,14-16,23,26H,3,6,13H2,1H3,(H,27,28)/b10-8+. The number of ether oxygens (including phenoxy) is 1. The fraction of sp³-hybridized carbons (Fsp3) is 0.200. The van der Waals surface area contributed by atoms with Gasteiger partial charge in [-0.05, 0) is 60.2 Å². The maximum Gasteiger partial charge on any atom is 0.247 e. The molecule has 5 rings (SSSR count). The van der Waals surface area contributed by atoms with E-state index in [2.05, 4.69) is 21.0 Å². The number of fused-ring (bicyclic) bond motifs is 1. The SMILES string of the molecule is COc1cccc(-c2cnc(C3CCCN3C(=O)/C=C/c3ccc4[nH]ccc4c3)[nH]2)c1. The zero-order valence-corrected chi connectivity index (χ0v) is 17.3. The summed E-state index contributed by atoms with van der Waals surface area (Å²) in [5, 5.41) is 1.13. The summed E-state index contributed by atoms with van der Waals surface area (Å²) in [7, 11) is 1.66. The lowest BCUT2D eigenvalue weighted by Gasteiger charge is -2.21. The first-order valence-corrected chi connectivity index (χ1v) is 10.5. The molecule has 2 N–H and O–H groups in total. The van der Waals surface area contributed by atoms with E-state index in [9.17, 15) is 4.79 Å². The lowest BCUT2D eigenvalue weighted by atomic mass is 10.1. The number of amides is 1. The molecule has 6 nitrogen and oxygen atoms in total. The van der Waals surface area contributed by atoms with Gasteiger partial charge in [-0.1, -0.05) is 18.2 Å². The van der Waals surface area contributed by atoms with Crippen LogP contribution in [0.15, 0.2) is 67.0 Å². The highest BCUT2D eigenvalue weighted by Gasteiger charge is 2.31. The number of H-pyrrole nitrogens is 2. The monoisotopic (exact) mass is 412 g/mol. The zero-order chi connectivity index (χ0) is 21.2. The summed E-state index contributed by atoms with van der Waals surface area (Å²) in [5.41, 5.74) is 4.03. The number of aromatic amines is 2. The van der Waals surface area contributed by atoms with E-state index in [1.807, 2.05) is 65.8 Å². The molecule has 0 aliphatic carbocycles. The number of methoxy groups -OCH3 is 1. The number of hydrogen-bond donors (Lipinski definition) is 2. The Bertz CT molecular complexity index is 1250. The van der Waals surface area contributed by atoms with Gasteiger partial charge in [0.15, 0.2) is 0 Å². The van der Waals surface area contributed by atoms with Crippen molar-refractivity contribution in [3.8, 4) is 17.0 Å². The molecular weight excluding hydrogens is 388 g/mol. The molecule has 3 heterocycles. The highest BCUT2D eigenvalue weighted by Crippen LogP contribution is 2.32. The topological polar surface area (TPSA) is 74.0 Å². The Kier molecular flexibility index (Phi) is 5.04. The molecule has 0 radical (unpaired) electrons. The van der Waals surface area contributed by atoms with E-state index in [1.165, 1.54) is 0 Å². The molecule has 156 valence electrons. The van der Waals surface area contributed by atoms with Crippen molar-refractivity contribution < 1.29 is 9.53 Å². The van der Waals surface area contributed by atoms with E-state index >= 15 is 0 Å². The molecule has 1 aliphatic rings. The van der Waals surface area contributed by atoms with Crippen molar-refractivity contribution in [2.24, 2.45) is 0 Å². The first kappa shape index (κ1) is 19.2. The molecule has 0 bridgehead atoms.